The molecule has 0 saturated carbocycles. The predicted molar refractivity (Wildman–Crippen MR) is 60.3 cm³/mol. The third-order valence-electron chi connectivity index (χ3n) is 3.37. The van der Waals surface area contributed by atoms with Crippen LogP contribution < -0.4 is 0 Å². The van der Waals surface area contributed by atoms with Gasteiger partial charge in [-0.25, -0.2) is 0 Å². The van der Waals surface area contributed by atoms with Crippen LogP contribution in [0.2, 0.25) is 0 Å². The lowest BCUT2D eigenvalue weighted by Gasteiger charge is -2.26. The van der Waals surface area contributed by atoms with Crippen LogP contribution in [0.5, 0.6) is 0 Å². The van der Waals surface area contributed by atoms with Crippen LogP contribution in [0.3, 0.4) is 0 Å². The molecule has 126 valence electrons. The second-order valence-corrected chi connectivity index (χ2v) is 4.70. The van der Waals surface area contributed by atoms with Crippen molar-refractivity contribution in [3.63, 3.8) is 0 Å². The summed E-state index contributed by atoms with van der Waals surface area (Å²) in [5.74, 6) is 0. The van der Waals surface area contributed by atoms with Crippen LogP contribution in [0, 0.1) is 13.8 Å². The Balaban J connectivity index is 4.13. The molecular weight excluding hydrogens is 327 g/mol. The maximum absolute atomic E-state index is 13.0. The van der Waals surface area contributed by atoms with Gasteiger partial charge in [0.1, 0.15) is 0 Å². The second-order valence-electron chi connectivity index (χ2n) is 4.70. The molecular formula is C13H11F9. The van der Waals surface area contributed by atoms with E-state index < -0.39 is 58.3 Å². The summed E-state index contributed by atoms with van der Waals surface area (Å²) in [6.07, 6.45) is -17.0. The smallest absolute Gasteiger partial charge is 0.166 e. The molecule has 0 saturated heterocycles. The molecule has 22 heavy (non-hydrogen) atoms. The molecule has 9 heteroatoms. The van der Waals surface area contributed by atoms with Gasteiger partial charge in [0.25, 0.3) is 0 Å². The van der Waals surface area contributed by atoms with Crippen molar-refractivity contribution < 1.29 is 39.5 Å². The van der Waals surface area contributed by atoms with Gasteiger partial charge in [-0.15, -0.1) is 0 Å². The van der Waals surface area contributed by atoms with Crippen molar-refractivity contribution in [1.82, 2.24) is 0 Å². The van der Waals surface area contributed by atoms with Gasteiger partial charge < -0.3 is 0 Å². The van der Waals surface area contributed by atoms with Gasteiger partial charge in [-0.1, -0.05) is 6.92 Å². The van der Waals surface area contributed by atoms with Crippen LogP contribution in [-0.2, 0) is 24.9 Å². The zero-order chi connectivity index (χ0) is 17.7. The maximum Gasteiger partial charge on any atom is 0.417 e. The maximum atomic E-state index is 13.0. The van der Waals surface area contributed by atoms with Crippen molar-refractivity contribution in [3.8, 4) is 0 Å². The van der Waals surface area contributed by atoms with Crippen LogP contribution in [0.15, 0.2) is 0 Å². The summed E-state index contributed by atoms with van der Waals surface area (Å²) < 4.78 is 117. The van der Waals surface area contributed by atoms with E-state index in [4.69, 9.17) is 0 Å². The molecule has 0 aromatic heterocycles. The Labute approximate surface area is 119 Å². The Morgan fingerprint density at radius 1 is 0.591 bits per heavy atom. The molecule has 0 fully saturated rings. The highest BCUT2D eigenvalue weighted by Crippen LogP contribution is 2.49. The Kier molecular flexibility index (Phi) is 4.53. The number of halogens is 9. The molecule has 0 amide bonds. The lowest BCUT2D eigenvalue weighted by molar-refractivity contribution is -0.164. The van der Waals surface area contributed by atoms with Gasteiger partial charge in [0.15, 0.2) is 0 Å². The van der Waals surface area contributed by atoms with Gasteiger partial charge in [0, 0.05) is 0 Å². The first-order chi connectivity index (χ1) is 9.64. The van der Waals surface area contributed by atoms with Gasteiger partial charge in [0.05, 0.1) is 16.7 Å². The number of hydrogen-bond donors (Lipinski definition) is 0. The molecule has 0 N–H and O–H groups in total. The van der Waals surface area contributed by atoms with Gasteiger partial charge in [-0.05, 0) is 37.0 Å². The average molecular weight is 338 g/mol. The van der Waals surface area contributed by atoms with E-state index in [-0.39, 0.29) is 0 Å². The predicted octanol–water partition coefficient (Wildman–Crippen LogP) is 5.92. The zero-order valence-electron chi connectivity index (χ0n) is 11.6. The first-order valence-electron chi connectivity index (χ1n) is 6.01. The van der Waals surface area contributed by atoms with Gasteiger partial charge in [-0.3, -0.25) is 0 Å². The van der Waals surface area contributed by atoms with Crippen molar-refractivity contribution in [1.29, 1.82) is 0 Å². The lowest BCUT2D eigenvalue weighted by atomic mass is 9.85. The van der Waals surface area contributed by atoms with Gasteiger partial charge in [-0.2, -0.15) is 39.5 Å². The first-order valence-corrected chi connectivity index (χ1v) is 6.01. The highest BCUT2D eigenvalue weighted by atomic mass is 19.4. The summed E-state index contributed by atoms with van der Waals surface area (Å²) in [4.78, 5) is 0. The summed E-state index contributed by atoms with van der Waals surface area (Å²) in [5.41, 5.74) is -9.24. The zero-order valence-corrected chi connectivity index (χ0v) is 11.6. The van der Waals surface area contributed by atoms with Crippen molar-refractivity contribution in [3.05, 3.63) is 33.4 Å². The van der Waals surface area contributed by atoms with Crippen LogP contribution in [0.4, 0.5) is 39.5 Å². The number of hydrogen-bond acceptors (Lipinski definition) is 0. The van der Waals surface area contributed by atoms with E-state index in [1.54, 1.807) is 0 Å². The quantitative estimate of drug-likeness (QED) is 0.558. The van der Waals surface area contributed by atoms with Crippen LogP contribution in [0.1, 0.15) is 40.3 Å². The topological polar surface area (TPSA) is 0 Å². The summed E-state index contributed by atoms with van der Waals surface area (Å²) in [5, 5.41) is 0. The standard InChI is InChI=1S/C13H11F9/c1-4-7-8(11(14,15)16)5(2)6(3)9(12(17,18)19)10(7)13(20,21)22/h4H2,1-3H3. The van der Waals surface area contributed by atoms with Gasteiger partial charge >= 0.3 is 18.5 Å². The fraction of sp³-hybridized carbons (Fsp3) is 0.538. The monoisotopic (exact) mass is 338 g/mol. The SMILES string of the molecule is CCc1c(C(F)(F)F)c(C)c(C)c(C(F)(F)F)c1C(F)(F)F. The van der Waals surface area contributed by atoms with E-state index in [1.807, 2.05) is 0 Å². The lowest BCUT2D eigenvalue weighted by Crippen LogP contribution is -2.25. The molecule has 1 aromatic carbocycles. The number of alkyl halides is 9. The van der Waals surface area contributed by atoms with E-state index in [0.717, 1.165) is 13.8 Å². The van der Waals surface area contributed by atoms with Crippen LogP contribution in [-0.4, -0.2) is 0 Å². The summed E-state index contributed by atoms with van der Waals surface area (Å²) in [7, 11) is 0. The largest absolute Gasteiger partial charge is 0.417 e. The number of rotatable bonds is 1. The van der Waals surface area contributed by atoms with Crippen molar-refractivity contribution in [2.45, 2.75) is 45.7 Å². The Hall–Kier alpha value is -1.41. The minimum atomic E-state index is -5.55. The molecule has 1 aromatic rings. The molecule has 0 radical (unpaired) electrons. The highest BCUT2D eigenvalue weighted by molar-refractivity contribution is 5.54. The fourth-order valence-electron chi connectivity index (χ4n) is 2.47. The Morgan fingerprint density at radius 3 is 1.18 bits per heavy atom. The highest BCUT2D eigenvalue weighted by Gasteiger charge is 2.50. The molecule has 0 aliphatic carbocycles. The Morgan fingerprint density at radius 2 is 0.909 bits per heavy atom. The van der Waals surface area contributed by atoms with Crippen molar-refractivity contribution >= 4 is 0 Å². The number of benzene rings is 1. The summed E-state index contributed by atoms with van der Waals surface area (Å²) in [6.45, 7) is 2.31. The van der Waals surface area contributed by atoms with Crippen LogP contribution in [0.25, 0.3) is 0 Å². The molecule has 1 rings (SSSR count). The molecule has 0 aliphatic rings. The van der Waals surface area contributed by atoms with Crippen molar-refractivity contribution in [2.75, 3.05) is 0 Å². The third-order valence-corrected chi connectivity index (χ3v) is 3.37. The van der Waals surface area contributed by atoms with E-state index >= 15 is 0 Å². The summed E-state index contributed by atoms with van der Waals surface area (Å²) >= 11 is 0. The van der Waals surface area contributed by atoms with E-state index in [0.29, 0.717) is 6.92 Å². The Bertz CT molecular complexity index is 573. The van der Waals surface area contributed by atoms with E-state index in [9.17, 15) is 39.5 Å². The molecule has 0 unspecified atom stereocenters. The minimum Gasteiger partial charge on any atom is -0.166 e. The van der Waals surface area contributed by atoms with E-state index in [1.165, 1.54) is 0 Å². The molecule has 0 nitrogen and oxygen atoms in total. The van der Waals surface area contributed by atoms with Crippen molar-refractivity contribution in [2.24, 2.45) is 0 Å². The molecule has 0 spiro atoms. The first kappa shape index (κ1) is 18.6. The summed E-state index contributed by atoms with van der Waals surface area (Å²) in [6, 6.07) is 0. The minimum absolute atomic E-state index is 0.613. The van der Waals surface area contributed by atoms with Crippen LogP contribution >= 0.6 is 0 Å². The average Bonchev–Trinajstić information content (AvgIpc) is 2.26. The van der Waals surface area contributed by atoms with E-state index in [2.05, 4.69) is 0 Å². The molecule has 0 bridgehead atoms. The molecule has 0 aliphatic heterocycles. The third kappa shape index (κ3) is 3.17. The normalized spacial score (nSPS) is 13.6. The molecule has 0 atom stereocenters. The molecule has 0 heterocycles. The second kappa shape index (κ2) is 5.34. The fourth-order valence-corrected chi connectivity index (χ4v) is 2.47. The van der Waals surface area contributed by atoms with Gasteiger partial charge in [0.2, 0.25) is 0 Å².